The molecule has 1 amide bonds. The van der Waals surface area contributed by atoms with Gasteiger partial charge in [-0.3, -0.25) is 15.1 Å². The van der Waals surface area contributed by atoms with E-state index in [1.54, 1.807) is 0 Å². The lowest BCUT2D eigenvalue weighted by molar-refractivity contribution is -0.134. The summed E-state index contributed by atoms with van der Waals surface area (Å²) in [7, 11) is 0. The fraction of sp³-hybridized carbons (Fsp3) is 0.900. The van der Waals surface area contributed by atoms with Crippen LogP contribution in [0, 0.1) is 0 Å². The predicted octanol–water partition coefficient (Wildman–Crippen LogP) is 0.629. The molecule has 1 saturated heterocycles. The van der Waals surface area contributed by atoms with Crippen LogP contribution in [-0.2, 0) is 4.79 Å². The molecule has 1 fully saturated rings. The van der Waals surface area contributed by atoms with Crippen LogP contribution in [0.1, 0.15) is 40.0 Å². The number of rotatable bonds is 2. The summed E-state index contributed by atoms with van der Waals surface area (Å²) < 4.78 is 0. The van der Waals surface area contributed by atoms with E-state index in [0.29, 0.717) is 6.04 Å². The van der Waals surface area contributed by atoms with Crippen molar-refractivity contribution in [2.45, 2.75) is 51.6 Å². The molecule has 0 aromatic rings. The Bertz CT molecular complexity index is 215. The molecule has 1 aliphatic rings. The zero-order chi connectivity index (χ0) is 10.8. The van der Waals surface area contributed by atoms with E-state index < -0.39 is 5.54 Å². The summed E-state index contributed by atoms with van der Waals surface area (Å²) in [6, 6.07) is 0.469. The van der Waals surface area contributed by atoms with Crippen molar-refractivity contribution in [1.29, 1.82) is 0 Å². The maximum atomic E-state index is 11.6. The molecule has 1 aliphatic heterocycles. The van der Waals surface area contributed by atoms with Crippen LogP contribution >= 0.6 is 0 Å². The lowest BCUT2D eigenvalue weighted by Gasteiger charge is -2.43. The second-order valence-corrected chi connectivity index (χ2v) is 4.57. The number of hydrogen-bond donors (Lipinski definition) is 2. The molecule has 4 nitrogen and oxygen atoms in total. The van der Waals surface area contributed by atoms with Gasteiger partial charge in [-0.15, -0.1) is 0 Å². The van der Waals surface area contributed by atoms with Crippen LogP contribution in [0.3, 0.4) is 0 Å². The first-order chi connectivity index (χ1) is 6.50. The van der Waals surface area contributed by atoms with Gasteiger partial charge in [0.15, 0.2) is 0 Å². The average Bonchev–Trinajstić information content (AvgIpc) is 2.17. The number of carbonyl (C=O) groups excluding carboxylic acids is 1. The van der Waals surface area contributed by atoms with E-state index in [1.807, 2.05) is 13.8 Å². The second kappa shape index (κ2) is 4.28. The van der Waals surface area contributed by atoms with Crippen LogP contribution in [-0.4, -0.2) is 28.9 Å². The fourth-order valence-electron chi connectivity index (χ4n) is 2.24. The number of piperidine rings is 1. The van der Waals surface area contributed by atoms with Gasteiger partial charge in [-0.05, 0) is 40.2 Å². The Morgan fingerprint density at radius 1 is 1.50 bits per heavy atom. The van der Waals surface area contributed by atoms with Crippen molar-refractivity contribution >= 4 is 5.91 Å². The van der Waals surface area contributed by atoms with Crippen molar-refractivity contribution in [3.05, 3.63) is 0 Å². The largest absolute Gasteiger partial charge is 0.293 e. The molecule has 0 unspecified atom stereocenters. The van der Waals surface area contributed by atoms with E-state index in [1.165, 1.54) is 19.3 Å². The quantitative estimate of drug-likeness (QED) is 0.389. The Hall–Kier alpha value is -0.610. The van der Waals surface area contributed by atoms with E-state index in [9.17, 15) is 4.79 Å². The third-order valence-electron chi connectivity index (χ3n) is 3.21. The van der Waals surface area contributed by atoms with E-state index in [2.05, 4.69) is 17.2 Å². The molecule has 0 aromatic carbocycles. The molecule has 0 spiro atoms. The van der Waals surface area contributed by atoms with E-state index in [0.717, 1.165) is 6.54 Å². The molecular weight excluding hydrogens is 178 g/mol. The molecule has 1 atom stereocenters. The first-order valence-electron chi connectivity index (χ1n) is 5.28. The summed E-state index contributed by atoms with van der Waals surface area (Å²) in [4.78, 5) is 13.8. The van der Waals surface area contributed by atoms with Crippen LogP contribution in [0.2, 0.25) is 0 Å². The van der Waals surface area contributed by atoms with Gasteiger partial charge in [0.2, 0.25) is 0 Å². The molecule has 1 heterocycles. The van der Waals surface area contributed by atoms with Crippen molar-refractivity contribution in [3.63, 3.8) is 0 Å². The number of hydrazine groups is 1. The van der Waals surface area contributed by atoms with Gasteiger partial charge in [0.25, 0.3) is 5.91 Å². The summed E-state index contributed by atoms with van der Waals surface area (Å²) >= 11 is 0. The number of nitrogens with two attached hydrogens (primary N) is 1. The van der Waals surface area contributed by atoms with E-state index in [-0.39, 0.29) is 5.91 Å². The van der Waals surface area contributed by atoms with Gasteiger partial charge >= 0.3 is 0 Å². The summed E-state index contributed by atoms with van der Waals surface area (Å²) in [5.41, 5.74) is 1.75. The summed E-state index contributed by atoms with van der Waals surface area (Å²) in [6.07, 6.45) is 3.60. The van der Waals surface area contributed by atoms with Gasteiger partial charge in [-0.2, -0.15) is 0 Å². The zero-order valence-corrected chi connectivity index (χ0v) is 9.34. The third-order valence-corrected chi connectivity index (χ3v) is 3.21. The Morgan fingerprint density at radius 2 is 2.14 bits per heavy atom. The minimum absolute atomic E-state index is 0.105. The highest BCUT2D eigenvalue weighted by Crippen LogP contribution is 2.25. The molecule has 0 aliphatic carbocycles. The molecule has 0 bridgehead atoms. The molecule has 82 valence electrons. The van der Waals surface area contributed by atoms with Crippen molar-refractivity contribution in [2.24, 2.45) is 5.84 Å². The van der Waals surface area contributed by atoms with Crippen LogP contribution in [0.15, 0.2) is 0 Å². The van der Waals surface area contributed by atoms with Crippen LogP contribution in [0.25, 0.3) is 0 Å². The molecule has 3 N–H and O–H groups in total. The standard InChI is InChI=1S/C10H21N3O/c1-8-6-4-5-7-13(8)10(2,3)9(14)12-11/h8H,4-7,11H2,1-3H3,(H,12,14)/t8-/m0/s1. The topological polar surface area (TPSA) is 58.4 Å². The van der Waals surface area contributed by atoms with E-state index >= 15 is 0 Å². The summed E-state index contributed by atoms with van der Waals surface area (Å²) in [5.74, 6) is 5.08. The number of carbonyl (C=O) groups is 1. The number of nitrogens with zero attached hydrogens (tertiary/aromatic N) is 1. The van der Waals surface area contributed by atoms with Crippen molar-refractivity contribution in [1.82, 2.24) is 10.3 Å². The first kappa shape index (κ1) is 11.5. The highest BCUT2D eigenvalue weighted by atomic mass is 16.2. The fourth-order valence-corrected chi connectivity index (χ4v) is 2.24. The molecule has 0 saturated carbocycles. The minimum atomic E-state index is -0.491. The summed E-state index contributed by atoms with van der Waals surface area (Å²) in [6.45, 7) is 7.01. The zero-order valence-electron chi connectivity index (χ0n) is 9.34. The van der Waals surface area contributed by atoms with Crippen LogP contribution in [0.4, 0.5) is 0 Å². The van der Waals surface area contributed by atoms with Crippen LogP contribution < -0.4 is 11.3 Å². The van der Waals surface area contributed by atoms with Gasteiger partial charge in [0.1, 0.15) is 0 Å². The SMILES string of the molecule is C[C@H]1CCCCN1C(C)(C)C(=O)NN. The molecule has 0 aromatic heterocycles. The normalized spacial score (nSPS) is 24.7. The lowest BCUT2D eigenvalue weighted by Crippen LogP contribution is -2.60. The van der Waals surface area contributed by atoms with Crippen LogP contribution in [0.5, 0.6) is 0 Å². The smallest absolute Gasteiger partial charge is 0.253 e. The summed E-state index contributed by atoms with van der Waals surface area (Å²) in [5, 5.41) is 0. The highest BCUT2D eigenvalue weighted by Gasteiger charge is 2.37. The van der Waals surface area contributed by atoms with Gasteiger partial charge in [0.05, 0.1) is 5.54 Å². The maximum Gasteiger partial charge on any atom is 0.253 e. The van der Waals surface area contributed by atoms with Gasteiger partial charge in [-0.1, -0.05) is 6.42 Å². The minimum Gasteiger partial charge on any atom is -0.293 e. The molecular formula is C10H21N3O. The predicted molar refractivity (Wildman–Crippen MR) is 56.4 cm³/mol. The van der Waals surface area contributed by atoms with Crippen molar-refractivity contribution in [2.75, 3.05) is 6.54 Å². The number of hydrogen-bond acceptors (Lipinski definition) is 3. The number of likely N-dealkylation sites (tertiary alicyclic amines) is 1. The first-order valence-corrected chi connectivity index (χ1v) is 5.28. The third kappa shape index (κ3) is 2.07. The molecule has 14 heavy (non-hydrogen) atoms. The monoisotopic (exact) mass is 199 g/mol. The number of amides is 1. The highest BCUT2D eigenvalue weighted by molar-refractivity contribution is 5.84. The van der Waals surface area contributed by atoms with Crippen molar-refractivity contribution in [3.8, 4) is 0 Å². The van der Waals surface area contributed by atoms with Gasteiger partial charge < -0.3 is 0 Å². The average molecular weight is 199 g/mol. The molecule has 4 heteroatoms. The van der Waals surface area contributed by atoms with E-state index in [4.69, 9.17) is 5.84 Å². The molecule has 0 radical (unpaired) electrons. The Morgan fingerprint density at radius 3 is 2.64 bits per heavy atom. The molecule has 1 rings (SSSR count). The van der Waals surface area contributed by atoms with Gasteiger partial charge in [0, 0.05) is 6.04 Å². The maximum absolute atomic E-state index is 11.6. The van der Waals surface area contributed by atoms with Gasteiger partial charge in [-0.25, -0.2) is 5.84 Å². The lowest BCUT2D eigenvalue weighted by atomic mass is 9.93. The Labute approximate surface area is 85.8 Å². The van der Waals surface area contributed by atoms with Crippen molar-refractivity contribution < 1.29 is 4.79 Å². The number of nitrogens with one attached hydrogen (secondary N) is 1. The second-order valence-electron chi connectivity index (χ2n) is 4.57. The Balaban J connectivity index is 2.73. The Kier molecular flexibility index (Phi) is 3.50.